The lowest BCUT2D eigenvalue weighted by Crippen LogP contribution is -2.35. The Morgan fingerprint density at radius 3 is 2.09 bits per heavy atom. The van der Waals surface area contributed by atoms with Crippen LogP contribution in [0, 0.1) is 5.41 Å². The molecule has 5 atom stereocenters. The smallest absolute Gasteiger partial charge is 0.193 e. The molecule has 3 aliphatic rings. The number of aliphatic imine (C=N–C) groups is 1. The Morgan fingerprint density at radius 2 is 1.45 bits per heavy atom. The minimum absolute atomic E-state index is 0.0173. The fourth-order valence-corrected chi connectivity index (χ4v) is 13.5. The summed E-state index contributed by atoms with van der Waals surface area (Å²) in [7, 11) is 0. The van der Waals surface area contributed by atoms with Crippen molar-refractivity contribution in [2.75, 3.05) is 12.8 Å². The minimum Gasteiger partial charge on any atom is -0.478 e. The predicted molar refractivity (Wildman–Crippen MR) is 142 cm³/mol. The molecule has 0 aromatic heterocycles. The summed E-state index contributed by atoms with van der Waals surface area (Å²) in [5.41, 5.74) is 5.50. The fourth-order valence-electron chi connectivity index (χ4n) is 6.36. The summed E-state index contributed by atoms with van der Waals surface area (Å²) < 4.78 is 6.43. The van der Waals surface area contributed by atoms with Gasteiger partial charge in [0, 0.05) is 11.3 Å². The Bertz CT molecular complexity index is 1300. The summed E-state index contributed by atoms with van der Waals surface area (Å²) in [6.45, 7) is 5.36. The Labute approximate surface area is 201 Å². The number of benzene rings is 3. The largest absolute Gasteiger partial charge is 0.478 e. The second kappa shape index (κ2) is 7.79. The molecular formula is C29H28NOPS. The number of nitrogens with zero attached hydrogens (tertiary/aromatic N) is 1. The first kappa shape index (κ1) is 21.1. The molecule has 0 saturated carbocycles. The molecule has 0 N–H and O–H groups in total. The van der Waals surface area contributed by atoms with Crippen molar-refractivity contribution < 1.29 is 4.74 Å². The Morgan fingerprint density at radius 1 is 0.879 bits per heavy atom. The van der Waals surface area contributed by atoms with E-state index in [4.69, 9.17) is 21.5 Å². The van der Waals surface area contributed by atoms with Gasteiger partial charge in [-0.1, -0.05) is 115 Å². The predicted octanol–water partition coefficient (Wildman–Crippen LogP) is 7.25. The van der Waals surface area contributed by atoms with Gasteiger partial charge in [0.1, 0.15) is 12.6 Å². The van der Waals surface area contributed by atoms with Crippen LogP contribution in [0.5, 0.6) is 0 Å². The summed E-state index contributed by atoms with van der Waals surface area (Å²) in [5.74, 6) is 1.19. The molecule has 1 saturated heterocycles. The van der Waals surface area contributed by atoms with Crippen LogP contribution in [0.2, 0.25) is 0 Å². The normalized spacial score (nSPS) is 32.7. The summed E-state index contributed by atoms with van der Waals surface area (Å²) in [6.07, 6.45) is 1.05. The van der Waals surface area contributed by atoms with Gasteiger partial charge in [0.15, 0.2) is 5.90 Å². The third-order valence-corrected chi connectivity index (χ3v) is 13.4. The molecule has 3 aliphatic heterocycles. The standard InChI is InChI=1S/C29H28NOPS/c1-20-26(23-16-10-5-11-17-23)32(33)19-29(20,2)25(22-14-8-4-9-15-22)27(32)28-30-24(18-31-28)21-12-6-3-7-13-21/h3-17,24-25,27H,18-19H2,1-2H3/t24-,25-,27-,29-,32+/m1/s1. The molecule has 0 spiro atoms. The molecule has 2 nitrogen and oxygen atoms in total. The molecule has 6 rings (SSSR count). The van der Waals surface area contributed by atoms with Gasteiger partial charge in [0.05, 0.1) is 5.66 Å². The summed E-state index contributed by atoms with van der Waals surface area (Å²) >= 11 is 6.75. The maximum absolute atomic E-state index is 6.75. The molecule has 3 heterocycles. The van der Waals surface area contributed by atoms with Gasteiger partial charge in [0.25, 0.3) is 0 Å². The van der Waals surface area contributed by atoms with E-state index in [9.17, 15) is 0 Å². The van der Waals surface area contributed by atoms with Crippen LogP contribution in [0.25, 0.3) is 5.31 Å². The van der Waals surface area contributed by atoms with Crippen molar-refractivity contribution in [3.63, 3.8) is 0 Å². The van der Waals surface area contributed by atoms with Gasteiger partial charge in [-0.25, -0.2) is 4.99 Å². The summed E-state index contributed by atoms with van der Waals surface area (Å²) in [5, 5.41) is 1.42. The quantitative estimate of drug-likeness (QED) is 0.375. The van der Waals surface area contributed by atoms with Crippen molar-refractivity contribution in [3.8, 4) is 0 Å². The van der Waals surface area contributed by atoms with Crippen molar-refractivity contribution >= 4 is 29.1 Å². The highest BCUT2D eigenvalue weighted by atomic mass is 32.4. The molecule has 166 valence electrons. The fraction of sp³-hybridized carbons (Fsp3) is 0.276. The highest BCUT2D eigenvalue weighted by molar-refractivity contribution is 8.20. The highest BCUT2D eigenvalue weighted by Crippen LogP contribution is 2.83. The molecular weight excluding hydrogens is 441 g/mol. The van der Waals surface area contributed by atoms with Crippen molar-refractivity contribution in [3.05, 3.63) is 113 Å². The van der Waals surface area contributed by atoms with Crippen LogP contribution in [-0.4, -0.2) is 24.3 Å². The van der Waals surface area contributed by atoms with E-state index in [-0.39, 0.29) is 17.1 Å². The topological polar surface area (TPSA) is 21.6 Å². The lowest BCUT2D eigenvalue weighted by atomic mass is 9.68. The lowest BCUT2D eigenvalue weighted by molar-refractivity contribution is 0.300. The van der Waals surface area contributed by atoms with Crippen LogP contribution in [-0.2, 0) is 16.5 Å². The van der Waals surface area contributed by atoms with Gasteiger partial charge >= 0.3 is 0 Å². The van der Waals surface area contributed by atoms with Crippen molar-refractivity contribution in [1.29, 1.82) is 0 Å². The number of ether oxygens (including phenoxy) is 1. The first-order chi connectivity index (χ1) is 16.0. The van der Waals surface area contributed by atoms with Gasteiger partial charge in [-0.2, -0.15) is 0 Å². The molecule has 33 heavy (non-hydrogen) atoms. The SMILES string of the molecule is CC1=C(c2ccccc2)[P@@]2(=S)C[C@@]1(C)[C@H](c1ccccc1)[C@@H]2C1=N[C@@H](c2ccccc2)CO1. The number of rotatable bonds is 4. The highest BCUT2D eigenvalue weighted by Gasteiger charge is 2.64. The van der Waals surface area contributed by atoms with Gasteiger partial charge < -0.3 is 4.74 Å². The third-order valence-electron chi connectivity index (χ3n) is 7.92. The molecule has 0 unspecified atom stereocenters. The molecule has 2 bridgehead atoms. The Hall–Kier alpha value is -2.48. The van der Waals surface area contributed by atoms with E-state index in [1.807, 2.05) is 0 Å². The van der Waals surface area contributed by atoms with Crippen LogP contribution in [0.3, 0.4) is 0 Å². The number of hydrogen-bond acceptors (Lipinski definition) is 3. The zero-order chi connectivity index (χ0) is 22.6. The number of allylic oxidation sites excluding steroid dienone is 1. The van der Waals surface area contributed by atoms with E-state index in [0.29, 0.717) is 12.5 Å². The number of fused-ring (bicyclic) bond motifs is 2. The maximum Gasteiger partial charge on any atom is 0.193 e. The molecule has 0 aliphatic carbocycles. The van der Waals surface area contributed by atoms with Crippen LogP contribution < -0.4 is 0 Å². The molecule has 3 aromatic carbocycles. The first-order valence-electron chi connectivity index (χ1n) is 11.7. The van der Waals surface area contributed by atoms with Gasteiger partial charge in [-0.15, -0.1) is 0 Å². The van der Waals surface area contributed by atoms with E-state index < -0.39 is 6.04 Å². The van der Waals surface area contributed by atoms with Crippen LogP contribution in [0.15, 0.2) is 102 Å². The first-order valence-corrected chi connectivity index (χ1v) is 14.7. The van der Waals surface area contributed by atoms with E-state index in [1.165, 1.54) is 27.6 Å². The second-order valence-electron chi connectivity index (χ2n) is 9.75. The minimum atomic E-state index is -1.97. The Kier molecular flexibility index (Phi) is 4.98. The van der Waals surface area contributed by atoms with Crippen LogP contribution >= 0.6 is 6.04 Å². The summed E-state index contributed by atoms with van der Waals surface area (Å²) in [4.78, 5) is 5.20. The van der Waals surface area contributed by atoms with E-state index in [1.54, 1.807) is 0 Å². The molecule has 4 heteroatoms. The average Bonchev–Trinajstić information content (AvgIpc) is 3.47. The Balaban J connectivity index is 1.52. The van der Waals surface area contributed by atoms with E-state index >= 15 is 0 Å². The molecule has 0 amide bonds. The monoisotopic (exact) mass is 469 g/mol. The van der Waals surface area contributed by atoms with Gasteiger partial charge in [-0.05, 0) is 41.1 Å². The van der Waals surface area contributed by atoms with Crippen LogP contribution in [0.1, 0.15) is 42.5 Å². The maximum atomic E-state index is 6.75. The molecule has 1 fully saturated rings. The molecule has 3 aromatic rings. The van der Waals surface area contributed by atoms with E-state index in [2.05, 4.69) is 105 Å². The zero-order valence-electron chi connectivity index (χ0n) is 19.0. The van der Waals surface area contributed by atoms with Gasteiger partial charge in [-0.3, -0.25) is 0 Å². The zero-order valence-corrected chi connectivity index (χ0v) is 20.7. The third kappa shape index (κ3) is 3.13. The van der Waals surface area contributed by atoms with Crippen LogP contribution in [0.4, 0.5) is 0 Å². The van der Waals surface area contributed by atoms with Gasteiger partial charge in [0.2, 0.25) is 0 Å². The lowest BCUT2D eigenvalue weighted by Gasteiger charge is -2.39. The average molecular weight is 470 g/mol. The number of hydrogen-bond donors (Lipinski definition) is 0. The van der Waals surface area contributed by atoms with Crippen molar-refractivity contribution in [2.24, 2.45) is 10.4 Å². The van der Waals surface area contributed by atoms with E-state index in [0.717, 1.165) is 12.1 Å². The van der Waals surface area contributed by atoms with Crippen molar-refractivity contribution in [2.45, 2.75) is 31.5 Å². The second-order valence-corrected chi connectivity index (χ2v) is 14.6. The summed E-state index contributed by atoms with van der Waals surface area (Å²) in [6, 6.07) is 30.3. The molecule has 0 radical (unpaired) electrons. The van der Waals surface area contributed by atoms with Crippen molar-refractivity contribution in [1.82, 2.24) is 0 Å².